The fourth-order valence-corrected chi connectivity index (χ4v) is 1.97. The molecule has 1 aliphatic carbocycles. The molecular formula is C13H19O4-. The molecule has 4 nitrogen and oxygen atoms in total. The Morgan fingerprint density at radius 3 is 2.41 bits per heavy atom. The lowest BCUT2D eigenvalue weighted by atomic mass is 10.1. The van der Waals surface area contributed by atoms with Crippen molar-refractivity contribution in [3.05, 3.63) is 12.2 Å². The molecule has 0 heterocycles. The molecule has 0 radical (unpaired) electrons. The number of ether oxygens (including phenoxy) is 1. The van der Waals surface area contributed by atoms with Crippen molar-refractivity contribution < 1.29 is 19.4 Å². The van der Waals surface area contributed by atoms with Gasteiger partial charge in [-0.2, -0.15) is 0 Å². The molecule has 0 aliphatic heterocycles. The number of hydrogen-bond acceptors (Lipinski definition) is 4. The highest BCUT2D eigenvalue weighted by Crippen LogP contribution is 2.58. The second-order valence-corrected chi connectivity index (χ2v) is 5.53. The van der Waals surface area contributed by atoms with Gasteiger partial charge in [0.25, 0.3) is 0 Å². The zero-order valence-electron chi connectivity index (χ0n) is 10.7. The van der Waals surface area contributed by atoms with Gasteiger partial charge in [0.2, 0.25) is 0 Å². The zero-order chi connectivity index (χ0) is 13.2. The van der Waals surface area contributed by atoms with E-state index in [-0.39, 0.29) is 11.3 Å². The Kier molecular flexibility index (Phi) is 3.96. The van der Waals surface area contributed by atoms with Crippen LogP contribution in [-0.2, 0) is 14.3 Å². The van der Waals surface area contributed by atoms with Crippen molar-refractivity contribution in [2.24, 2.45) is 23.2 Å². The van der Waals surface area contributed by atoms with Crippen molar-refractivity contribution in [3.63, 3.8) is 0 Å². The third kappa shape index (κ3) is 3.32. The Morgan fingerprint density at radius 1 is 1.41 bits per heavy atom. The van der Waals surface area contributed by atoms with Crippen LogP contribution in [0.15, 0.2) is 12.2 Å². The quantitative estimate of drug-likeness (QED) is 0.525. The number of carbonyl (C=O) groups excluding carboxylic acids is 2. The van der Waals surface area contributed by atoms with Crippen molar-refractivity contribution in [2.45, 2.75) is 27.7 Å². The second-order valence-electron chi connectivity index (χ2n) is 5.53. The minimum atomic E-state index is -1.06. The summed E-state index contributed by atoms with van der Waals surface area (Å²) >= 11 is 0. The van der Waals surface area contributed by atoms with E-state index in [0.717, 1.165) is 0 Å². The van der Waals surface area contributed by atoms with E-state index in [9.17, 15) is 14.7 Å². The molecule has 0 saturated heterocycles. The lowest BCUT2D eigenvalue weighted by Gasteiger charge is -2.03. The van der Waals surface area contributed by atoms with E-state index in [2.05, 4.69) is 0 Å². The van der Waals surface area contributed by atoms with Crippen molar-refractivity contribution in [1.82, 2.24) is 0 Å². The van der Waals surface area contributed by atoms with Gasteiger partial charge >= 0.3 is 5.97 Å². The van der Waals surface area contributed by atoms with E-state index in [1.807, 2.05) is 27.7 Å². The number of hydrogen-bond donors (Lipinski definition) is 0. The maximum Gasteiger partial charge on any atom is 0.330 e. The molecule has 0 aromatic heterocycles. The van der Waals surface area contributed by atoms with Gasteiger partial charge in [-0.15, -0.1) is 0 Å². The summed E-state index contributed by atoms with van der Waals surface area (Å²) in [6.45, 7) is 7.98. The highest BCUT2D eigenvalue weighted by Gasteiger charge is 2.56. The predicted octanol–water partition coefficient (Wildman–Crippen LogP) is 0.764. The number of carboxylic acids is 1. The van der Waals surface area contributed by atoms with Crippen LogP contribution in [0.5, 0.6) is 0 Å². The van der Waals surface area contributed by atoms with Gasteiger partial charge in [-0.25, -0.2) is 4.79 Å². The van der Waals surface area contributed by atoms with E-state index >= 15 is 0 Å². The maximum absolute atomic E-state index is 11.3. The first kappa shape index (κ1) is 13.7. The van der Waals surface area contributed by atoms with E-state index in [1.54, 1.807) is 6.08 Å². The average Bonchev–Trinajstić information content (AvgIpc) is 2.74. The summed E-state index contributed by atoms with van der Waals surface area (Å²) in [5.41, 5.74) is -0.326. The van der Waals surface area contributed by atoms with Crippen LogP contribution in [0.1, 0.15) is 27.7 Å². The summed E-state index contributed by atoms with van der Waals surface area (Å²) < 4.78 is 4.96. The summed E-state index contributed by atoms with van der Waals surface area (Å²) in [6.07, 6.45) is 2.93. The number of carboxylic acid groups (broad SMARTS) is 1. The third-order valence-corrected chi connectivity index (χ3v) is 3.16. The van der Waals surface area contributed by atoms with Gasteiger partial charge in [-0.3, -0.25) is 0 Å². The molecular weight excluding hydrogens is 220 g/mol. The first-order valence-electron chi connectivity index (χ1n) is 5.82. The first-order valence-corrected chi connectivity index (χ1v) is 5.82. The summed E-state index contributed by atoms with van der Waals surface area (Å²) in [6, 6.07) is 0. The second kappa shape index (κ2) is 4.90. The largest absolute Gasteiger partial charge is 0.550 e. The van der Waals surface area contributed by atoms with Gasteiger partial charge in [0.05, 0.1) is 6.61 Å². The third-order valence-electron chi connectivity index (χ3n) is 3.16. The molecule has 4 heteroatoms. The fraction of sp³-hybridized carbons (Fsp3) is 0.692. The van der Waals surface area contributed by atoms with Gasteiger partial charge in [-0.05, 0) is 17.3 Å². The van der Waals surface area contributed by atoms with Crippen LogP contribution >= 0.6 is 0 Å². The fourth-order valence-electron chi connectivity index (χ4n) is 1.97. The van der Waals surface area contributed by atoms with Crippen molar-refractivity contribution >= 4 is 11.9 Å². The summed E-state index contributed by atoms with van der Waals surface area (Å²) in [5.74, 6) is -1.82. The maximum atomic E-state index is 11.3. The van der Waals surface area contributed by atoms with E-state index in [0.29, 0.717) is 12.5 Å². The summed E-state index contributed by atoms with van der Waals surface area (Å²) in [7, 11) is 0. The zero-order valence-corrected chi connectivity index (χ0v) is 10.7. The van der Waals surface area contributed by atoms with Crippen LogP contribution < -0.4 is 5.11 Å². The molecule has 1 saturated carbocycles. The summed E-state index contributed by atoms with van der Waals surface area (Å²) in [5, 5.41) is 10.8. The van der Waals surface area contributed by atoms with Crippen molar-refractivity contribution in [3.8, 4) is 0 Å². The van der Waals surface area contributed by atoms with Crippen LogP contribution in [0.3, 0.4) is 0 Å². The van der Waals surface area contributed by atoms with E-state index in [4.69, 9.17) is 4.74 Å². The average molecular weight is 239 g/mol. The van der Waals surface area contributed by atoms with Crippen LogP contribution in [0.4, 0.5) is 0 Å². The van der Waals surface area contributed by atoms with Crippen molar-refractivity contribution in [2.75, 3.05) is 6.61 Å². The Labute approximate surface area is 102 Å². The molecule has 2 atom stereocenters. The Balaban J connectivity index is 2.45. The molecule has 0 aromatic carbocycles. The molecule has 0 bridgehead atoms. The normalized spacial score (nSPS) is 26.2. The molecule has 1 rings (SSSR count). The highest BCUT2D eigenvalue weighted by molar-refractivity contribution is 5.82. The molecule has 0 aromatic rings. The SMILES string of the molecule is CC(C)COC(=O)/C=C/C1C(C(=O)[O-])C1(C)C. The van der Waals surface area contributed by atoms with Gasteiger partial charge in [-0.1, -0.05) is 33.8 Å². The molecule has 1 aliphatic rings. The Bertz CT molecular complexity index is 341. The monoisotopic (exact) mass is 239 g/mol. The smallest absolute Gasteiger partial charge is 0.330 e. The van der Waals surface area contributed by atoms with E-state index < -0.39 is 17.9 Å². The molecule has 96 valence electrons. The van der Waals surface area contributed by atoms with Crippen molar-refractivity contribution in [1.29, 1.82) is 0 Å². The Morgan fingerprint density at radius 2 is 2.00 bits per heavy atom. The standard InChI is InChI=1S/C13H20O4/c1-8(2)7-17-10(14)6-5-9-11(12(15)16)13(9,3)4/h5-6,8-9,11H,7H2,1-4H3,(H,15,16)/p-1/b6-5+. The minimum Gasteiger partial charge on any atom is -0.550 e. The predicted molar refractivity (Wildman–Crippen MR) is 60.7 cm³/mol. The lowest BCUT2D eigenvalue weighted by molar-refractivity contribution is -0.309. The Hall–Kier alpha value is -1.32. The number of aliphatic carboxylic acids is 1. The number of esters is 1. The topological polar surface area (TPSA) is 66.4 Å². The van der Waals surface area contributed by atoms with Gasteiger partial charge in [0, 0.05) is 18.0 Å². The van der Waals surface area contributed by atoms with Crippen LogP contribution in [-0.4, -0.2) is 18.5 Å². The van der Waals surface area contributed by atoms with Gasteiger partial charge in [0.1, 0.15) is 0 Å². The number of rotatable bonds is 5. The van der Waals surface area contributed by atoms with Crippen LogP contribution in [0.2, 0.25) is 0 Å². The summed E-state index contributed by atoms with van der Waals surface area (Å²) in [4.78, 5) is 22.1. The molecule has 1 fully saturated rings. The van der Waals surface area contributed by atoms with Crippen LogP contribution in [0.25, 0.3) is 0 Å². The number of allylic oxidation sites excluding steroid dienone is 1. The number of carbonyl (C=O) groups is 2. The molecule has 0 N–H and O–H groups in total. The molecule has 2 unspecified atom stereocenters. The molecule has 0 amide bonds. The van der Waals surface area contributed by atoms with Gasteiger partial charge in [0.15, 0.2) is 0 Å². The first-order chi connectivity index (χ1) is 7.76. The lowest BCUT2D eigenvalue weighted by Crippen LogP contribution is -2.26. The molecule has 0 spiro atoms. The minimum absolute atomic E-state index is 0.140. The highest BCUT2D eigenvalue weighted by atomic mass is 16.5. The van der Waals surface area contributed by atoms with Crippen LogP contribution in [0, 0.1) is 23.2 Å². The van der Waals surface area contributed by atoms with Gasteiger partial charge < -0.3 is 14.6 Å². The van der Waals surface area contributed by atoms with E-state index in [1.165, 1.54) is 6.08 Å². The molecule has 17 heavy (non-hydrogen) atoms.